The second-order valence-corrected chi connectivity index (χ2v) is 6.80. The molecule has 3 aromatic carbocycles. The van der Waals surface area contributed by atoms with E-state index >= 15 is 0 Å². The summed E-state index contributed by atoms with van der Waals surface area (Å²) in [5, 5.41) is 2.97. The van der Waals surface area contributed by atoms with Crippen molar-refractivity contribution < 1.29 is 14.3 Å². The predicted molar refractivity (Wildman–Crippen MR) is 115 cm³/mol. The van der Waals surface area contributed by atoms with Crippen molar-refractivity contribution in [3.05, 3.63) is 90.3 Å². The predicted octanol–water partition coefficient (Wildman–Crippen LogP) is 3.94. The monoisotopic (exact) mass is 401 g/mol. The van der Waals surface area contributed by atoms with Crippen LogP contribution < -0.4 is 14.8 Å². The van der Waals surface area contributed by atoms with E-state index < -0.39 is 0 Å². The van der Waals surface area contributed by atoms with Crippen molar-refractivity contribution in [3.8, 4) is 11.5 Å². The highest BCUT2D eigenvalue weighted by Crippen LogP contribution is 2.27. The molecule has 0 saturated heterocycles. The van der Waals surface area contributed by atoms with Crippen LogP contribution in [0.15, 0.2) is 78.9 Å². The molecule has 0 spiro atoms. The van der Waals surface area contributed by atoms with E-state index in [0.717, 1.165) is 16.6 Å². The number of carbonyl (C=O) groups is 1. The van der Waals surface area contributed by atoms with Crippen LogP contribution in [-0.2, 0) is 24.5 Å². The van der Waals surface area contributed by atoms with Crippen LogP contribution in [0, 0.1) is 0 Å². The van der Waals surface area contributed by atoms with Gasteiger partial charge >= 0.3 is 0 Å². The average molecular weight is 401 g/mol. The molecule has 0 atom stereocenters. The first kappa shape index (κ1) is 19.5. The van der Waals surface area contributed by atoms with Gasteiger partial charge in [0.1, 0.15) is 19.0 Å². The molecule has 1 aromatic heterocycles. The molecule has 0 aliphatic carbocycles. The van der Waals surface area contributed by atoms with Gasteiger partial charge in [-0.2, -0.15) is 0 Å². The zero-order valence-corrected chi connectivity index (χ0v) is 16.7. The third-order valence-corrected chi connectivity index (χ3v) is 4.79. The highest BCUT2D eigenvalue weighted by atomic mass is 16.5. The standard InChI is InChI=1S/C24H23N3O3/c1-29-21-13-7-8-14-22(21)30-17-23-26-19-11-5-6-12-20(19)27(23)16-24(28)25-15-18-9-3-2-4-10-18/h2-14H,15-17H2,1H3,(H,25,28). The fourth-order valence-corrected chi connectivity index (χ4v) is 3.29. The number of carbonyl (C=O) groups excluding carboxylic acids is 1. The van der Waals surface area contributed by atoms with Crippen LogP contribution >= 0.6 is 0 Å². The zero-order valence-electron chi connectivity index (χ0n) is 16.7. The maximum atomic E-state index is 12.6. The van der Waals surface area contributed by atoms with E-state index in [4.69, 9.17) is 9.47 Å². The number of hydrogen-bond donors (Lipinski definition) is 1. The number of nitrogens with one attached hydrogen (secondary N) is 1. The van der Waals surface area contributed by atoms with Crippen molar-refractivity contribution >= 4 is 16.9 Å². The number of amides is 1. The molecule has 6 nitrogen and oxygen atoms in total. The molecular formula is C24H23N3O3. The highest BCUT2D eigenvalue weighted by Gasteiger charge is 2.15. The lowest BCUT2D eigenvalue weighted by atomic mass is 10.2. The van der Waals surface area contributed by atoms with Gasteiger partial charge in [0.15, 0.2) is 11.5 Å². The molecule has 0 radical (unpaired) electrons. The molecule has 6 heteroatoms. The molecule has 0 aliphatic heterocycles. The first-order valence-corrected chi connectivity index (χ1v) is 9.75. The SMILES string of the molecule is COc1ccccc1OCc1nc2ccccc2n1CC(=O)NCc1ccccc1. The van der Waals surface area contributed by atoms with Crippen LogP contribution in [0.3, 0.4) is 0 Å². The number of benzene rings is 3. The van der Waals surface area contributed by atoms with E-state index in [0.29, 0.717) is 23.9 Å². The second kappa shape index (κ2) is 9.13. The van der Waals surface area contributed by atoms with Crippen molar-refractivity contribution in [3.63, 3.8) is 0 Å². The summed E-state index contributed by atoms with van der Waals surface area (Å²) >= 11 is 0. The van der Waals surface area contributed by atoms with Gasteiger partial charge in [-0.3, -0.25) is 4.79 Å². The molecule has 0 saturated carbocycles. The first-order chi connectivity index (χ1) is 14.7. The first-order valence-electron chi connectivity index (χ1n) is 9.75. The Labute approximate surface area is 175 Å². The Morgan fingerprint density at radius 2 is 1.63 bits per heavy atom. The lowest BCUT2D eigenvalue weighted by molar-refractivity contribution is -0.121. The highest BCUT2D eigenvalue weighted by molar-refractivity contribution is 5.81. The van der Waals surface area contributed by atoms with Crippen LogP contribution in [0.1, 0.15) is 11.4 Å². The van der Waals surface area contributed by atoms with Gasteiger partial charge in [-0.05, 0) is 29.8 Å². The number of rotatable bonds is 8. The van der Waals surface area contributed by atoms with E-state index in [9.17, 15) is 4.79 Å². The Hall–Kier alpha value is -3.80. The molecule has 1 heterocycles. The summed E-state index contributed by atoms with van der Waals surface area (Å²) < 4.78 is 13.2. The van der Waals surface area contributed by atoms with E-state index in [1.165, 1.54) is 0 Å². The Morgan fingerprint density at radius 3 is 2.43 bits per heavy atom. The Morgan fingerprint density at radius 1 is 0.933 bits per heavy atom. The quantitative estimate of drug-likeness (QED) is 0.486. The number of para-hydroxylation sites is 4. The van der Waals surface area contributed by atoms with Gasteiger partial charge in [-0.25, -0.2) is 4.98 Å². The van der Waals surface area contributed by atoms with Crippen LogP contribution in [0.5, 0.6) is 11.5 Å². The largest absolute Gasteiger partial charge is 0.493 e. The topological polar surface area (TPSA) is 65.4 Å². The van der Waals surface area contributed by atoms with E-state index in [2.05, 4.69) is 10.3 Å². The van der Waals surface area contributed by atoms with Gasteiger partial charge in [-0.1, -0.05) is 54.6 Å². The number of fused-ring (bicyclic) bond motifs is 1. The summed E-state index contributed by atoms with van der Waals surface area (Å²) in [7, 11) is 1.61. The Balaban J connectivity index is 1.52. The molecule has 0 bridgehead atoms. The van der Waals surface area contributed by atoms with Crippen molar-refractivity contribution in [2.24, 2.45) is 0 Å². The molecule has 1 N–H and O–H groups in total. The summed E-state index contributed by atoms with van der Waals surface area (Å²) in [6.45, 7) is 0.873. The van der Waals surface area contributed by atoms with Crippen molar-refractivity contribution in [1.29, 1.82) is 0 Å². The van der Waals surface area contributed by atoms with Gasteiger partial charge in [-0.15, -0.1) is 0 Å². The number of imidazole rings is 1. The zero-order chi connectivity index (χ0) is 20.8. The number of nitrogens with zero attached hydrogens (tertiary/aromatic N) is 2. The minimum Gasteiger partial charge on any atom is -0.493 e. The summed E-state index contributed by atoms with van der Waals surface area (Å²) in [5.41, 5.74) is 2.78. The second-order valence-electron chi connectivity index (χ2n) is 6.80. The Bertz CT molecular complexity index is 1140. The Kier molecular flexibility index (Phi) is 5.94. The van der Waals surface area contributed by atoms with Gasteiger partial charge < -0.3 is 19.4 Å². The third-order valence-electron chi connectivity index (χ3n) is 4.79. The minimum atomic E-state index is -0.0828. The van der Waals surface area contributed by atoms with Crippen LogP contribution in [0.25, 0.3) is 11.0 Å². The van der Waals surface area contributed by atoms with E-state index in [-0.39, 0.29) is 19.1 Å². The van der Waals surface area contributed by atoms with E-state index in [1.54, 1.807) is 7.11 Å². The van der Waals surface area contributed by atoms with Gasteiger partial charge in [0, 0.05) is 6.54 Å². The lowest BCUT2D eigenvalue weighted by Gasteiger charge is -2.12. The maximum Gasteiger partial charge on any atom is 0.240 e. The van der Waals surface area contributed by atoms with Gasteiger partial charge in [0.2, 0.25) is 5.91 Å². The van der Waals surface area contributed by atoms with Crippen LogP contribution in [0.2, 0.25) is 0 Å². The number of hydrogen-bond acceptors (Lipinski definition) is 4. The molecular weight excluding hydrogens is 378 g/mol. The van der Waals surface area contributed by atoms with Gasteiger partial charge in [0.05, 0.1) is 18.1 Å². The molecule has 0 fully saturated rings. The summed E-state index contributed by atoms with van der Waals surface area (Å²) in [4.78, 5) is 17.3. The van der Waals surface area contributed by atoms with E-state index in [1.807, 2.05) is 83.4 Å². The number of methoxy groups -OCH3 is 1. The molecule has 1 amide bonds. The average Bonchev–Trinajstić information content (AvgIpc) is 3.14. The number of aromatic nitrogens is 2. The minimum absolute atomic E-state index is 0.0828. The summed E-state index contributed by atoms with van der Waals surface area (Å²) in [5.74, 6) is 1.88. The van der Waals surface area contributed by atoms with Crippen molar-refractivity contribution in [1.82, 2.24) is 14.9 Å². The number of ether oxygens (including phenoxy) is 2. The lowest BCUT2D eigenvalue weighted by Crippen LogP contribution is -2.28. The van der Waals surface area contributed by atoms with Crippen molar-refractivity contribution in [2.75, 3.05) is 7.11 Å². The molecule has 0 unspecified atom stereocenters. The summed E-state index contributed by atoms with van der Waals surface area (Å²) in [6.07, 6.45) is 0. The molecule has 30 heavy (non-hydrogen) atoms. The molecule has 4 aromatic rings. The smallest absolute Gasteiger partial charge is 0.240 e. The summed E-state index contributed by atoms with van der Waals surface area (Å²) in [6, 6.07) is 25.1. The normalized spacial score (nSPS) is 10.7. The van der Waals surface area contributed by atoms with Crippen LogP contribution in [-0.4, -0.2) is 22.6 Å². The molecule has 152 valence electrons. The fourth-order valence-electron chi connectivity index (χ4n) is 3.29. The third kappa shape index (κ3) is 4.43. The van der Waals surface area contributed by atoms with Gasteiger partial charge in [0.25, 0.3) is 0 Å². The maximum absolute atomic E-state index is 12.6. The van der Waals surface area contributed by atoms with Crippen LogP contribution in [0.4, 0.5) is 0 Å². The molecule has 4 rings (SSSR count). The molecule has 0 aliphatic rings. The fraction of sp³-hybridized carbons (Fsp3) is 0.167. The van der Waals surface area contributed by atoms with Crippen molar-refractivity contribution in [2.45, 2.75) is 19.7 Å².